The maximum absolute atomic E-state index is 12.0. The molecule has 18 heavy (non-hydrogen) atoms. The zero-order valence-electron chi connectivity index (χ0n) is 11.0. The van der Waals surface area contributed by atoms with Gasteiger partial charge in [-0.3, -0.25) is 9.69 Å². The first-order valence-corrected chi connectivity index (χ1v) is 6.79. The molecule has 0 bridgehead atoms. The molecule has 5 nitrogen and oxygen atoms in total. The van der Waals surface area contributed by atoms with Crippen LogP contribution in [0.4, 0.5) is 0 Å². The summed E-state index contributed by atoms with van der Waals surface area (Å²) < 4.78 is 0. The Bertz CT molecular complexity index is 339. The van der Waals surface area contributed by atoms with E-state index in [0.717, 1.165) is 45.4 Å². The molecule has 0 radical (unpaired) electrons. The number of nitriles is 1. The summed E-state index contributed by atoms with van der Waals surface area (Å²) in [7, 11) is 0. The minimum Gasteiger partial charge on any atom is -0.337 e. The van der Waals surface area contributed by atoms with Crippen LogP contribution in [0.25, 0.3) is 0 Å². The molecule has 1 unspecified atom stereocenters. The third-order valence-electron chi connectivity index (χ3n) is 3.83. The standard InChI is InChI=1S/C13H22N4O/c1-13(10-14,11-3-4-11)16-12(18)9-17-7-2-5-15-6-8-17/h11,15H,2-9H2,1H3,(H,16,18). The van der Waals surface area contributed by atoms with Crippen LogP contribution >= 0.6 is 0 Å². The molecule has 1 saturated carbocycles. The van der Waals surface area contributed by atoms with Gasteiger partial charge in [0.05, 0.1) is 12.6 Å². The monoisotopic (exact) mass is 250 g/mol. The topological polar surface area (TPSA) is 68.2 Å². The van der Waals surface area contributed by atoms with Gasteiger partial charge in [0.1, 0.15) is 5.54 Å². The summed E-state index contributed by atoms with van der Waals surface area (Å²) in [5, 5.41) is 15.4. The molecule has 0 spiro atoms. The first-order chi connectivity index (χ1) is 8.64. The molecular weight excluding hydrogens is 228 g/mol. The van der Waals surface area contributed by atoms with Gasteiger partial charge in [-0.1, -0.05) is 0 Å². The summed E-state index contributed by atoms with van der Waals surface area (Å²) in [5.41, 5.74) is -0.665. The molecule has 5 heteroatoms. The summed E-state index contributed by atoms with van der Waals surface area (Å²) in [6.45, 7) is 6.06. The number of rotatable bonds is 4. The van der Waals surface area contributed by atoms with Gasteiger partial charge in [-0.25, -0.2) is 0 Å². The number of nitrogens with one attached hydrogen (secondary N) is 2. The van der Waals surface area contributed by atoms with E-state index in [1.807, 2.05) is 6.92 Å². The molecule has 1 heterocycles. The fourth-order valence-electron chi connectivity index (χ4n) is 2.47. The van der Waals surface area contributed by atoms with Crippen LogP contribution in [0.15, 0.2) is 0 Å². The molecule has 2 N–H and O–H groups in total. The van der Waals surface area contributed by atoms with Gasteiger partial charge in [0.25, 0.3) is 0 Å². The predicted octanol–water partition coefficient (Wildman–Crippen LogP) is 0.0902. The Labute approximate surface area is 109 Å². The lowest BCUT2D eigenvalue weighted by molar-refractivity contribution is -0.123. The highest BCUT2D eigenvalue weighted by atomic mass is 16.2. The average Bonchev–Trinajstić information content (AvgIpc) is 3.16. The molecular formula is C13H22N4O. The minimum absolute atomic E-state index is 0.0205. The van der Waals surface area contributed by atoms with Gasteiger partial charge in [0.15, 0.2) is 0 Å². The molecule has 1 aliphatic carbocycles. The molecule has 2 fully saturated rings. The number of amides is 1. The van der Waals surface area contributed by atoms with Crippen LogP contribution in [0.5, 0.6) is 0 Å². The molecule has 1 aliphatic heterocycles. The van der Waals surface area contributed by atoms with Crippen molar-refractivity contribution in [1.82, 2.24) is 15.5 Å². The number of carbonyl (C=O) groups excluding carboxylic acids is 1. The molecule has 2 aliphatic rings. The van der Waals surface area contributed by atoms with Crippen LogP contribution in [-0.4, -0.2) is 49.1 Å². The average molecular weight is 250 g/mol. The first-order valence-electron chi connectivity index (χ1n) is 6.79. The molecule has 0 aromatic heterocycles. The molecule has 1 atom stereocenters. The quantitative estimate of drug-likeness (QED) is 0.742. The Morgan fingerprint density at radius 3 is 2.94 bits per heavy atom. The van der Waals surface area contributed by atoms with Crippen molar-refractivity contribution in [3.63, 3.8) is 0 Å². The molecule has 1 saturated heterocycles. The lowest BCUT2D eigenvalue weighted by Gasteiger charge is -2.25. The van der Waals surface area contributed by atoms with E-state index in [1.165, 1.54) is 0 Å². The van der Waals surface area contributed by atoms with E-state index in [4.69, 9.17) is 0 Å². The van der Waals surface area contributed by atoms with Gasteiger partial charge in [0.2, 0.25) is 5.91 Å². The Morgan fingerprint density at radius 2 is 2.28 bits per heavy atom. The summed E-state index contributed by atoms with van der Waals surface area (Å²) in [6.07, 6.45) is 3.18. The molecule has 0 aromatic rings. The molecule has 1 amide bonds. The van der Waals surface area contributed by atoms with Crippen LogP contribution in [0.3, 0.4) is 0 Å². The van der Waals surface area contributed by atoms with E-state index >= 15 is 0 Å². The van der Waals surface area contributed by atoms with Crippen molar-refractivity contribution in [2.75, 3.05) is 32.7 Å². The van der Waals surface area contributed by atoms with E-state index in [2.05, 4.69) is 21.6 Å². The maximum atomic E-state index is 12.0. The molecule has 0 aromatic carbocycles. The number of hydrogen-bond donors (Lipinski definition) is 2. The summed E-state index contributed by atoms with van der Waals surface area (Å²) in [6, 6.07) is 2.26. The van der Waals surface area contributed by atoms with Gasteiger partial charge in [-0.05, 0) is 45.2 Å². The number of carbonyl (C=O) groups is 1. The highest BCUT2D eigenvalue weighted by Crippen LogP contribution is 2.39. The van der Waals surface area contributed by atoms with Gasteiger partial charge in [-0.2, -0.15) is 5.26 Å². The van der Waals surface area contributed by atoms with E-state index in [9.17, 15) is 10.1 Å². The van der Waals surface area contributed by atoms with Crippen molar-refractivity contribution >= 4 is 5.91 Å². The molecule has 2 rings (SSSR count). The Kier molecular flexibility index (Phi) is 4.20. The van der Waals surface area contributed by atoms with Crippen molar-refractivity contribution in [3.05, 3.63) is 0 Å². The van der Waals surface area contributed by atoms with E-state index in [1.54, 1.807) is 0 Å². The lowest BCUT2D eigenvalue weighted by atomic mass is 9.98. The van der Waals surface area contributed by atoms with Gasteiger partial charge >= 0.3 is 0 Å². The van der Waals surface area contributed by atoms with Crippen molar-refractivity contribution in [2.24, 2.45) is 5.92 Å². The maximum Gasteiger partial charge on any atom is 0.235 e. The Hall–Kier alpha value is -1.12. The van der Waals surface area contributed by atoms with Crippen LogP contribution in [0, 0.1) is 17.2 Å². The van der Waals surface area contributed by atoms with E-state index < -0.39 is 5.54 Å². The zero-order chi connectivity index (χ0) is 13.0. The second-order valence-electron chi connectivity index (χ2n) is 5.52. The SMILES string of the molecule is CC(C#N)(NC(=O)CN1CCCNCC1)C1CC1. The summed E-state index contributed by atoms with van der Waals surface area (Å²) in [5.74, 6) is 0.324. The van der Waals surface area contributed by atoms with Crippen LogP contribution in [0.1, 0.15) is 26.2 Å². The highest BCUT2D eigenvalue weighted by molar-refractivity contribution is 5.79. The third kappa shape index (κ3) is 3.44. The Balaban J connectivity index is 1.82. The van der Waals surface area contributed by atoms with Gasteiger partial charge < -0.3 is 10.6 Å². The zero-order valence-corrected chi connectivity index (χ0v) is 11.0. The number of nitrogens with zero attached hydrogens (tertiary/aromatic N) is 2. The third-order valence-corrected chi connectivity index (χ3v) is 3.83. The van der Waals surface area contributed by atoms with Crippen molar-refractivity contribution < 1.29 is 4.79 Å². The fourth-order valence-corrected chi connectivity index (χ4v) is 2.47. The van der Waals surface area contributed by atoms with Gasteiger partial charge in [-0.15, -0.1) is 0 Å². The highest BCUT2D eigenvalue weighted by Gasteiger charge is 2.43. The Morgan fingerprint density at radius 1 is 1.50 bits per heavy atom. The fraction of sp³-hybridized carbons (Fsp3) is 0.846. The first kappa shape index (κ1) is 13.3. The van der Waals surface area contributed by atoms with Crippen LogP contribution < -0.4 is 10.6 Å². The second-order valence-corrected chi connectivity index (χ2v) is 5.52. The van der Waals surface area contributed by atoms with Crippen LogP contribution in [0.2, 0.25) is 0 Å². The summed E-state index contributed by atoms with van der Waals surface area (Å²) >= 11 is 0. The number of hydrogen-bond acceptors (Lipinski definition) is 4. The summed E-state index contributed by atoms with van der Waals surface area (Å²) in [4.78, 5) is 14.2. The smallest absolute Gasteiger partial charge is 0.235 e. The molecule has 100 valence electrons. The second kappa shape index (κ2) is 5.68. The largest absolute Gasteiger partial charge is 0.337 e. The van der Waals surface area contributed by atoms with E-state index in [0.29, 0.717) is 12.5 Å². The normalized spacial score (nSPS) is 24.7. The lowest BCUT2D eigenvalue weighted by Crippen LogP contribution is -2.50. The van der Waals surface area contributed by atoms with Crippen LogP contribution in [-0.2, 0) is 4.79 Å². The van der Waals surface area contributed by atoms with Gasteiger partial charge in [0, 0.05) is 13.1 Å². The predicted molar refractivity (Wildman–Crippen MR) is 68.8 cm³/mol. The van der Waals surface area contributed by atoms with Crippen molar-refractivity contribution in [2.45, 2.75) is 31.7 Å². The van der Waals surface area contributed by atoms with Crippen molar-refractivity contribution in [3.8, 4) is 6.07 Å². The van der Waals surface area contributed by atoms with E-state index in [-0.39, 0.29) is 5.91 Å². The van der Waals surface area contributed by atoms with Crippen molar-refractivity contribution in [1.29, 1.82) is 5.26 Å². The minimum atomic E-state index is -0.665.